The van der Waals surface area contributed by atoms with E-state index in [2.05, 4.69) is 24.1 Å². The Labute approximate surface area is 103 Å². The number of aryl methyl sites for hydroxylation is 1. The number of hydrogen-bond donors (Lipinski definition) is 1. The second-order valence-corrected chi connectivity index (χ2v) is 4.95. The van der Waals surface area contributed by atoms with E-state index in [0.29, 0.717) is 12.1 Å². The van der Waals surface area contributed by atoms with Gasteiger partial charge in [0.2, 0.25) is 0 Å². The second kappa shape index (κ2) is 5.05. The third kappa shape index (κ3) is 2.60. The maximum Gasteiger partial charge on any atom is 0.125 e. The molecule has 0 spiro atoms. The Kier molecular flexibility index (Phi) is 3.67. The maximum atomic E-state index is 13.4. The van der Waals surface area contributed by atoms with Gasteiger partial charge in [0.1, 0.15) is 5.82 Å². The van der Waals surface area contributed by atoms with Crippen LogP contribution in [0, 0.1) is 12.7 Å². The predicted molar refractivity (Wildman–Crippen MR) is 70.0 cm³/mol. The highest BCUT2D eigenvalue weighted by Crippen LogP contribution is 2.26. The molecule has 1 N–H and O–H groups in total. The molecule has 2 atom stereocenters. The van der Waals surface area contributed by atoms with Gasteiger partial charge in [0, 0.05) is 30.9 Å². The van der Waals surface area contributed by atoms with Crippen LogP contribution in [-0.2, 0) is 0 Å². The minimum absolute atomic E-state index is 0.147. The number of nitrogens with zero attached hydrogens (tertiary/aromatic N) is 1. The van der Waals surface area contributed by atoms with Gasteiger partial charge in [-0.25, -0.2) is 4.39 Å². The normalized spacial score (nSPS) is 25.1. The molecule has 17 heavy (non-hydrogen) atoms. The molecule has 94 valence electrons. The van der Waals surface area contributed by atoms with Crippen LogP contribution in [0.5, 0.6) is 0 Å². The highest BCUT2D eigenvalue weighted by atomic mass is 19.1. The summed E-state index contributed by atoms with van der Waals surface area (Å²) in [6.45, 7) is 8.34. The third-order valence-electron chi connectivity index (χ3n) is 3.57. The van der Waals surface area contributed by atoms with Crippen LogP contribution in [-0.4, -0.2) is 25.2 Å². The van der Waals surface area contributed by atoms with E-state index >= 15 is 0 Å². The minimum atomic E-state index is -0.147. The van der Waals surface area contributed by atoms with E-state index in [-0.39, 0.29) is 5.82 Å². The van der Waals surface area contributed by atoms with Gasteiger partial charge in [0.05, 0.1) is 0 Å². The summed E-state index contributed by atoms with van der Waals surface area (Å²) in [5, 5.41) is 3.48. The Bertz CT molecular complexity index is 392. The molecule has 3 heteroatoms. The van der Waals surface area contributed by atoms with Gasteiger partial charge >= 0.3 is 0 Å². The lowest BCUT2D eigenvalue weighted by Crippen LogP contribution is -2.55. The zero-order valence-electron chi connectivity index (χ0n) is 10.8. The molecule has 2 nitrogen and oxygen atoms in total. The molecule has 1 fully saturated rings. The van der Waals surface area contributed by atoms with Gasteiger partial charge < -0.3 is 10.2 Å². The van der Waals surface area contributed by atoms with Crippen molar-refractivity contribution in [2.45, 2.75) is 39.3 Å². The van der Waals surface area contributed by atoms with Gasteiger partial charge in [-0.05, 0) is 38.0 Å². The summed E-state index contributed by atoms with van der Waals surface area (Å²) >= 11 is 0. The number of benzene rings is 1. The first-order valence-corrected chi connectivity index (χ1v) is 6.38. The molecule has 1 aromatic carbocycles. The SMILES string of the molecule is CCC1CNC(C)CN1c1cc(F)ccc1C. The average Bonchev–Trinajstić information content (AvgIpc) is 2.32. The van der Waals surface area contributed by atoms with E-state index in [1.807, 2.05) is 13.0 Å². The molecule has 1 saturated heterocycles. The zero-order valence-corrected chi connectivity index (χ0v) is 10.8. The first-order valence-electron chi connectivity index (χ1n) is 6.38. The van der Waals surface area contributed by atoms with Crippen LogP contribution in [0.3, 0.4) is 0 Å². The van der Waals surface area contributed by atoms with Crippen LogP contribution < -0.4 is 10.2 Å². The molecule has 1 aliphatic rings. The first-order chi connectivity index (χ1) is 8.11. The van der Waals surface area contributed by atoms with Crippen LogP contribution >= 0.6 is 0 Å². The standard InChI is InChI=1S/C14H21FN2/c1-4-13-8-16-11(3)9-17(13)14-7-12(15)6-5-10(14)2/h5-7,11,13,16H,4,8-9H2,1-3H3. The number of halogens is 1. The Morgan fingerprint density at radius 3 is 2.94 bits per heavy atom. The average molecular weight is 236 g/mol. The van der Waals surface area contributed by atoms with Crippen molar-refractivity contribution < 1.29 is 4.39 Å². The summed E-state index contributed by atoms with van der Waals surface area (Å²) < 4.78 is 13.4. The summed E-state index contributed by atoms with van der Waals surface area (Å²) in [6, 6.07) is 5.98. The fourth-order valence-corrected chi connectivity index (χ4v) is 2.51. The van der Waals surface area contributed by atoms with E-state index in [4.69, 9.17) is 0 Å². The second-order valence-electron chi connectivity index (χ2n) is 4.95. The smallest absolute Gasteiger partial charge is 0.125 e. The fraction of sp³-hybridized carbons (Fsp3) is 0.571. The maximum absolute atomic E-state index is 13.4. The van der Waals surface area contributed by atoms with E-state index in [0.717, 1.165) is 30.8 Å². The number of anilines is 1. The lowest BCUT2D eigenvalue weighted by Gasteiger charge is -2.41. The molecule has 0 radical (unpaired) electrons. The number of rotatable bonds is 2. The van der Waals surface area contributed by atoms with Crippen LogP contribution in [0.2, 0.25) is 0 Å². The Hall–Kier alpha value is -1.09. The topological polar surface area (TPSA) is 15.3 Å². The number of nitrogens with one attached hydrogen (secondary N) is 1. The molecule has 0 aromatic heterocycles. The molecule has 0 aliphatic carbocycles. The summed E-state index contributed by atoms with van der Waals surface area (Å²) in [5.41, 5.74) is 2.20. The molecular weight excluding hydrogens is 215 g/mol. The summed E-state index contributed by atoms with van der Waals surface area (Å²) in [5.74, 6) is -0.147. The van der Waals surface area contributed by atoms with Crippen LogP contribution in [0.1, 0.15) is 25.8 Å². The lowest BCUT2D eigenvalue weighted by atomic mass is 10.0. The van der Waals surface area contributed by atoms with Gasteiger partial charge in [0.25, 0.3) is 0 Å². The number of piperazine rings is 1. The van der Waals surface area contributed by atoms with E-state index in [9.17, 15) is 4.39 Å². The quantitative estimate of drug-likeness (QED) is 0.849. The van der Waals surface area contributed by atoms with Crippen molar-refractivity contribution in [3.63, 3.8) is 0 Å². The largest absolute Gasteiger partial charge is 0.365 e. The van der Waals surface area contributed by atoms with Gasteiger partial charge in [-0.15, -0.1) is 0 Å². The fourth-order valence-electron chi connectivity index (χ4n) is 2.51. The Morgan fingerprint density at radius 2 is 2.24 bits per heavy atom. The molecule has 0 bridgehead atoms. The molecule has 0 saturated carbocycles. The predicted octanol–water partition coefficient (Wildman–Crippen LogP) is 2.71. The first kappa shape index (κ1) is 12.4. The van der Waals surface area contributed by atoms with Crippen LogP contribution in [0.4, 0.5) is 10.1 Å². The zero-order chi connectivity index (χ0) is 12.4. The van der Waals surface area contributed by atoms with Crippen molar-refractivity contribution in [1.82, 2.24) is 5.32 Å². The molecule has 2 rings (SSSR count). The molecule has 1 aromatic rings. The van der Waals surface area contributed by atoms with Crippen LogP contribution in [0.25, 0.3) is 0 Å². The summed E-state index contributed by atoms with van der Waals surface area (Å²) in [6.07, 6.45) is 1.08. The van der Waals surface area contributed by atoms with Crippen molar-refractivity contribution in [1.29, 1.82) is 0 Å². The van der Waals surface area contributed by atoms with Gasteiger partial charge in [-0.1, -0.05) is 13.0 Å². The summed E-state index contributed by atoms with van der Waals surface area (Å²) in [7, 11) is 0. The molecule has 2 unspecified atom stereocenters. The van der Waals surface area contributed by atoms with Gasteiger partial charge in [-0.2, -0.15) is 0 Å². The summed E-state index contributed by atoms with van der Waals surface area (Å²) in [4.78, 5) is 2.35. The molecule has 0 amide bonds. The van der Waals surface area contributed by atoms with Crippen molar-refractivity contribution in [3.8, 4) is 0 Å². The Morgan fingerprint density at radius 1 is 1.47 bits per heavy atom. The van der Waals surface area contributed by atoms with Crippen molar-refractivity contribution in [3.05, 3.63) is 29.6 Å². The monoisotopic (exact) mass is 236 g/mol. The third-order valence-corrected chi connectivity index (χ3v) is 3.57. The molecule has 1 heterocycles. The van der Waals surface area contributed by atoms with Gasteiger partial charge in [-0.3, -0.25) is 0 Å². The van der Waals surface area contributed by atoms with Crippen LogP contribution in [0.15, 0.2) is 18.2 Å². The lowest BCUT2D eigenvalue weighted by molar-refractivity contribution is 0.401. The van der Waals surface area contributed by atoms with Crippen molar-refractivity contribution in [2.24, 2.45) is 0 Å². The molecular formula is C14H21FN2. The number of hydrogen-bond acceptors (Lipinski definition) is 2. The molecule has 1 aliphatic heterocycles. The van der Waals surface area contributed by atoms with Gasteiger partial charge in [0.15, 0.2) is 0 Å². The highest BCUT2D eigenvalue weighted by Gasteiger charge is 2.25. The van der Waals surface area contributed by atoms with E-state index in [1.54, 1.807) is 6.07 Å². The van der Waals surface area contributed by atoms with Crippen molar-refractivity contribution >= 4 is 5.69 Å². The van der Waals surface area contributed by atoms with E-state index < -0.39 is 0 Å². The van der Waals surface area contributed by atoms with E-state index in [1.165, 1.54) is 6.07 Å². The highest BCUT2D eigenvalue weighted by molar-refractivity contribution is 5.54. The Balaban J connectivity index is 2.31. The van der Waals surface area contributed by atoms with Crippen molar-refractivity contribution in [2.75, 3.05) is 18.0 Å². The minimum Gasteiger partial charge on any atom is -0.365 e.